The molecule has 1 aromatic carbocycles. The van der Waals surface area contributed by atoms with Crippen molar-refractivity contribution in [1.29, 1.82) is 0 Å². The lowest BCUT2D eigenvalue weighted by Crippen LogP contribution is -2.43. The van der Waals surface area contributed by atoms with Crippen molar-refractivity contribution in [2.24, 2.45) is 0 Å². The number of aryl methyl sites for hydroxylation is 3. The van der Waals surface area contributed by atoms with Crippen LogP contribution in [0.25, 0.3) is 22.0 Å². The van der Waals surface area contributed by atoms with Gasteiger partial charge in [0.15, 0.2) is 6.29 Å². The van der Waals surface area contributed by atoms with Crippen LogP contribution in [0.1, 0.15) is 46.1 Å². The van der Waals surface area contributed by atoms with Gasteiger partial charge in [0.1, 0.15) is 5.82 Å². The number of benzene rings is 1. The number of nitrogens with one attached hydrogen (secondary N) is 4. The number of rotatable bonds is 7. The molecule has 0 bridgehead atoms. The number of hydrogen-bond acceptors (Lipinski definition) is 7. The predicted molar refractivity (Wildman–Crippen MR) is 168 cm³/mol. The van der Waals surface area contributed by atoms with Crippen LogP contribution in [0.3, 0.4) is 0 Å². The third-order valence-electron chi connectivity index (χ3n) is 6.91. The molecule has 0 amide bonds. The fraction of sp³-hybridized carbons (Fsp3) is 0.406. The second kappa shape index (κ2) is 15.9. The number of pyridine rings is 2. The highest BCUT2D eigenvalue weighted by Gasteiger charge is 2.13. The lowest BCUT2D eigenvalue weighted by Gasteiger charge is -2.28. The molecule has 1 aliphatic rings. The molecule has 1 aliphatic heterocycles. The normalized spacial score (nSPS) is 12.8. The van der Waals surface area contributed by atoms with Crippen LogP contribution in [0.5, 0.6) is 0 Å². The molecular formula is C32H44N6O3. The summed E-state index contributed by atoms with van der Waals surface area (Å²) in [4.78, 5) is 35.7. The molecule has 0 atom stereocenters. The van der Waals surface area contributed by atoms with Gasteiger partial charge in [0.2, 0.25) is 0 Å². The van der Waals surface area contributed by atoms with Gasteiger partial charge in [-0.1, -0.05) is 6.92 Å². The van der Waals surface area contributed by atoms with Gasteiger partial charge in [0, 0.05) is 92.1 Å². The highest BCUT2D eigenvalue weighted by atomic mass is 16.5. The summed E-state index contributed by atoms with van der Waals surface area (Å²) in [6.45, 7) is 13.4. The summed E-state index contributed by atoms with van der Waals surface area (Å²) in [5.41, 5.74) is 7.61. The third-order valence-corrected chi connectivity index (χ3v) is 6.91. The summed E-state index contributed by atoms with van der Waals surface area (Å²) in [6.07, 6.45) is 5.88. The molecule has 0 aliphatic carbocycles. The van der Waals surface area contributed by atoms with Gasteiger partial charge in [-0.3, -0.25) is 9.59 Å². The first-order valence-corrected chi connectivity index (χ1v) is 14.1. The molecule has 0 saturated carbocycles. The number of nitrogens with zero attached hydrogens (tertiary/aromatic N) is 2. The van der Waals surface area contributed by atoms with Crippen LogP contribution >= 0.6 is 0 Å². The van der Waals surface area contributed by atoms with Crippen LogP contribution in [-0.2, 0) is 11.3 Å². The zero-order valence-corrected chi connectivity index (χ0v) is 25.2. The van der Waals surface area contributed by atoms with Gasteiger partial charge in [0.05, 0.1) is 0 Å². The fourth-order valence-corrected chi connectivity index (χ4v) is 4.86. The van der Waals surface area contributed by atoms with Crippen molar-refractivity contribution >= 4 is 23.0 Å². The Labute approximate surface area is 242 Å². The summed E-state index contributed by atoms with van der Waals surface area (Å²) in [5.74, 6) is 1.01. The Kier molecular flexibility index (Phi) is 12.3. The van der Waals surface area contributed by atoms with Crippen LogP contribution < -0.4 is 21.1 Å². The average molecular weight is 561 g/mol. The smallest absolute Gasteiger partial charge is 0.252 e. The Hall–Kier alpha value is -3.79. The quantitative estimate of drug-likeness (QED) is 0.246. The van der Waals surface area contributed by atoms with E-state index >= 15 is 0 Å². The van der Waals surface area contributed by atoms with Gasteiger partial charge in [0.25, 0.3) is 5.56 Å². The van der Waals surface area contributed by atoms with E-state index in [2.05, 4.69) is 55.6 Å². The molecule has 0 unspecified atom stereocenters. The number of aromatic amines is 2. The van der Waals surface area contributed by atoms with Crippen molar-refractivity contribution < 1.29 is 9.53 Å². The van der Waals surface area contributed by atoms with Gasteiger partial charge in [-0.15, -0.1) is 0 Å². The number of ether oxygens (including phenoxy) is 1. The summed E-state index contributed by atoms with van der Waals surface area (Å²) in [5, 5.41) is 7.31. The number of aldehydes is 1. The van der Waals surface area contributed by atoms with Crippen LogP contribution in [-0.4, -0.2) is 68.2 Å². The minimum Gasteiger partial charge on any atom is -0.385 e. The molecule has 9 nitrogen and oxygen atoms in total. The second-order valence-electron chi connectivity index (χ2n) is 10.2. The number of carbonyl (C=O) groups excluding carboxylic acids is 1. The monoisotopic (exact) mass is 560 g/mol. The van der Waals surface area contributed by atoms with Crippen molar-refractivity contribution in [2.75, 3.05) is 51.8 Å². The number of aromatic nitrogens is 3. The predicted octanol–water partition coefficient (Wildman–Crippen LogP) is 4.51. The molecule has 4 heterocycles. The number of fused-ring (bicyclic) bond motifs is 1. The van der Waals surface area contributed by atoms with Crippen LogP contribution in [0.2, 0.25) is 0 Å². The minimum atomic E-state index is 0.0156. The van der Waals surface area contributed by atoms with Crippen molar-refractivity contribution in [3.8, 4) is 11.1 Å². The maximum absolute atomic E-state index is 11.5. The lowest BCUT2D eigenvalue weighted by molar-refractivity contribution is 0.112. The summed E-state index contributed by atoms with van der Waals surface area (Å²) < 4.78 is 4.69. The summed E-state index contributed by atoms with van der Waals surface area (Å²) in [7, 11) is 3.54. The van der Waals surface area contributed by atoms with E-state index in [1.54, 1.807) is 7.11 Å². The molecule has 3 aromatic heterocycles. The third kappa shape index (κ3) is 8.60. The van der Waals surface area contributed by atoms with Gasteiger partial charge in [-0.2, -0.15) is 0 Å². The van der Waals surface area contributed by atoms with E-state index in [-0.39, 0.29) is 5.56 Å². The molecule has 9 heteroatoms. The largest absolute Gasteiger partial charge is 0.385 e. The highest BCUT2D eigenvalue weighted by Crippen LogP contribution is 2.29. The summed E-state index contributed by atoms with van der Waals surface area (Å²) >= 11 is 0. The molecule has 1 saturated heterocycles. The van der Waals surface area contributed by atoms with E-state index in [1.807, 2.05) is 52.3 Å². The molecule has 4 aromatic rings. The Bertz CT molecular complexity index is 1450. The van der Waals surface area contributed by atoms with Crippen molar-refractivity contribution in [2.45, 2.75) is 40.7 Å². The number of hydrogen-bond donors (Lipinski definition) is 4. The Balaban J connectivity index is 0.000000227. The Morgan fingerprint density at radius 1 is 1.07 bits per heavy atom. The second-order valence-corrected chi connectivity index (χ2v) is 10.2. The van der Waals surface area contributed by atoms with Crippen molar-refractivity contribution in [1.82, 2.24) is 25.6 Å². The average Bonchev–Trinajstić information content (AvgIpc) is 3.36. The zero-order chi connectivity index (χ0) is 29.8. The molecule has 5 rings (SSSR count). The number of anilines is 1. The van der Waals surface area contributed by atoms with E-state index in [9.17, 15) is 9.59 Å². The number of H-pyrrole nitrogens is 2. The number of methoxy groups -OCH3 is 1. The maximum atomic E-state index is 11.5. The Morgan fingerprint density at radius 3 is 2.39 bits per heavy atom. The standard InChI is InChI=1S/C19H20N4O.C9H14N2O.C4H10O/c1-13-10-21-17-9-15(8-16(12-24)19(13)17)14-2-3-18(22-11-14)23-6-4-20-5-7-23;1-6-4-7(2)11-9(12)8(6)5-10-3;1-3-4-5-2/h2-3,8-12,20-21H,4-7H2,1H3;4,10H,5H2,1-3H3,(H,11,12);3-4H2,1-2H3. The van der Waals surface area contributed by atoms with E-state index in [4.69, 9.17) is 4.74 Å². The molecule has 1 fully saturated rings. The van der Waals surface area contributed by atoms with Crippen molar-refractivity contribution in [3.63, 3.8) is 0 Å². The van der Waals surface area contributed by atoms with Gasteiger partial charge in [-0.05, 0) is 81.3 Å². The van der Waals surface area contributed by atoms with Crippen LogP contribution in [0.15, 0.2) is 47.5 Å². The molecule has 0 spiro atoms. The van der Waals surface area contributed by atoms with Crippen LogP contribution in [0.4, 0.5) is 5.82 Å². The van der Waals surface area contributed by atoms with E-state index < -0.39 is 0 Å². The van der Waals surface area contributed by atoms with Gasteiger partial charge in [-0.25, -0.2) is 4.98 Å². The number of piperazine rings is 1. The lowest BCUT2D eigenvalue weighted by atomic mass is 10.0. The first-order valence-electron chi connectivity index (χ1n) is 14.1. The first kappa shape index (κ1) is 31.7. The van der Waals surface area contributed by atoms with E-state index in [1.165, 1.54) is 0 Å². The van der Waals surface area contributed by atoms with Crippen molar-refractivity contribution in [3.05, 3.63) is 81.0 Å². The fourth-order valence-electron chi connectivity index (χ4n) is 4.86. The Morgan fingerprint density at radius 2 is 1.83 bits per heavy atom. The summed E-state index contributed by atoms with van der Waals surface area (Å²) in [6, 6.07) is 10.1. The van der Waals surface area contributed by atoms with Gasteiger partial charge < -0.3 is 30.2 Å². The maximum Gasteiger partial charge on any atom is 0.252 e. The number of carbonyl (C=O) groups is 1. The van der Waals surface area contributed by atoms with Crippen LogP contribution in [0, 0.1) is 20.8 Å². The van der Waals surface area contributed by atoms with E-state index in [0.717, 1.165) is 95.7 Å². The minimum absolute atomic E-state index is 0.0156. The molecule has 4 N–H and O–H groups in total. The highest BCUT2D eigenvalue weighted by molar-refractivity contribution is 6.01. The van der Waals surface area contributed by atoms with E-state index in [0.29, 0.717) is 12.1 Å². The molecule has 220 valence electrons. The molecular weight excluding hydrogens is 516 g/mol. The molecule has 41 heavy (non-hydrogen) atoms. The molecule has 0 radical (unpaired) electrons. The zero-order valence-electron chi connectivity index (χ0n) is 25.2. The topological polar surface area (TPSA) is 115 Å². The SMILES string of the molecule is CCCOC.CNCc1c(C)cc(C)[nH]c1=O.Cc1c[nH]c2cc(-c3ccc(N4CCNCC4)nc3)cc(C=O)c12. The van der Waals surface area contributed by atoms with Gasteiger partial charge >= 0.3 is 0 Å². The first-order chi connectivity index (χ1) is 19.8.